The zero-order chi connectivity index (χ0) is 18.5. The van der Waals surface area contributed by atoms with E-state index in [0.29, 0.717) is 11.6 Å². The summed E-state index contributed by atoms with van der Waals surface area (Å²) in [6.45, 7) is 7.52. The van der Waals surface area contributed by atoms with Crippen LogP contribution in [-0.4, -0.2) is 10.4 Å². The van der Waals surface area contributed by atoms with Crippen LogP contribution in [0.4, 0.5) is 13.2 Å². The van der Waals surface area contributed by atoms with Gasteiger partial charge in [0.25, 0.3) is 0 Å². The van der Waals surface area contributed by atoms with E-state index >= 15 is 0 Å². The summed E-state index contributed by atoms with van der Waals surface area (Å²) in [6, 6.07) is 4.97. The maximum Gasteiger partial charge on any atom is 0.416 e. The van der Waals surface area contributed by atoms with Crippen molar-refractivity contribution >= 4 is 17.1 Å². The average Bonchev–Trinajstić information content (AvgIpc) is 2.76. The van der Waals surface area contributed by atoms with Crippen LogP contribution in [-0.2, 0) is 11.0 Å². The average molecular weight is 358 g/mol. The lowest BCUT2D eigenvalue weighted by atomic mass is 10.1. The number of benzene rings is 1. The standard InChI is InChI=1S/C11H9F3N2S.C6H12O/c1-7-6-16(10(15)17-7)9-4-2-3-8(5-9)11(12,13)14;1-5(2)4-6(3)7/h2-6,15H,1H3;5H,4H2,1-3H3. The number of aryl methyl sites for hydroxylation is 1. The van der Waals surface area contributed by atoms with E-state index in [2.05, 4.69) is 0 Å². The minimum Gasteiger partial charge on any atom is -0.300 e. The van der Waals surface area contributed by atoms with Gasteiger partial charge in [0.2, 0.25) is 0 Å². The Morgan fingerprint density at radius 2 is 1.96 bits per heavy atom. The molecule has 0 saturated carbocycles. The molecule has 0 fully saturated rings. The van der Waals surface area contributed by atoms with Gasteiger partial charge in [-0.2, -0.15) is 13.2 Å². The van der Waals surface area contributed by atoms with Gasteiger partial charge in [0.05, 0.1) is 5.56 Å². The summed E-state index contributed by atoms with van der Waals surface area (Å²) in [5, 5.41) is 7.66. The molecule has 0 radical (unpaired) electrons. The second-order valence-corrected chi connectivity index (χ2v) is 7.10. The molecule has 0 aliphatic heterocycles. The second kappa shape index (κ2) is 8.28. The van der Waals surface area contributed by atoms with E-state index in [1.165, 1.54) is 22.0 Å². The number of nitrogens with zero attached hydrogens (tertiary/aromatic N) is 1. The number of thiazole rings is 1. The molecule has 1 aromatic carbocycles. The predicted molar refractivity (Wildman–Crippen MR) is 89.4 cm³/mol. The van der Waals surface area contributed by atoms with E-state index in [1.54, 1.807) is 19.2 Å². The number of ketones is 1. The second-order valence-electron chi connectivity index (χ2n) is 5.87. The van der Waals surface area contributed by atoms with Crippen molar-refractivity contribution in [2.24, 2.45) is 5.92 Å². The molecule has 0 saturated heterocycles. The molecule has 0 bridgehead atoms. The molecule has 0 atom stereocenters. The van der Waals surface area contributed by atoms with Gasteiger partial charge < -0.3 is 4.79 Å². The fraction of sp³-hybridized carbons (Fsp3) is 0.412. The van der Waals surface area contributed by atoms with Gasteiger partial charge in [-0.05, 0) is 38.0 Å². The van der Waals surface area contributed by atoms with Crippen molar-refractivity contribution < 1.29 is 18.0 Å². The lowest BCUT2D eigenvalue weighted by molar-refractivity contribution is -0.137. The quantitative estimate of drug-likeness (QED) is 0.827. The van der Waals surface area contributed by atoms with Crippen molar-refractivity contribution in [1.82, 2.24) is 4.57 Å². The van der Waals surface area contributed by atoms with Crippen molar-refractivity contribution in [1.29, 1.82) is 5.41 Å². The van der Waals surface area contributed by atoms with E-state index in [1.807, 2.05) is 20.8 Å². The van der Waals surface area contributed by atoms with Gasteiger partial charge in [-0.15, -0.1) is 11.3 Å². The number of alkyl halides is 3. The predicted octanol–water partition coefficient (Wildman–Crippen LogP) is 4.97. The third kappa shape index (κ3) is 6.31. The van der Waals surface area contributed by atoms with Crippen LogP contribution >= 0.6 is 11.3 Å². The highest BCUT2D eigenvalue weighted by Crippen LogP contribution is 2.30. The molecule has 1 heterocycles. The highest BCUT2D eigenvalue weighted by Gasteiger charge is 2.30. The fourth-order valence-electron chi connectivity index (χ4n) is 2.07. The zero-order valence-corrected chi connectivity index (χ0v) is 14.9. The van der Waals surface area contributed by atoms with Crippen LogP contribution in [0.2, 0.25) is 0 Å². The molecule has 132 valence electrons. The Balaban J connectivity index is 0.000000351. The number of hydrogen-bond donors (Lipinski definition) is 1. The van der Waals surface area contributed by atoms with E-state index < -0.39 is 11.7 Å². The maximum atomic E-state index is 12.5. The number of aromatic nitrogens is 1. The van der Waals surface area contributed by atoms with Gasteiger partial charge in [-0.3, -0.25) is 9.98 Å². The van der Waals surface area contributed by atoms with Gasteiger partial charge >= 0.3 is 6.18 Å². The summed E-state index contributed by atoms with van der Waals surface area (Å²) in [6.07, 6.45) is -1.98. The van der Waals surface area contributed by atoms with Gasteiger partial charge in [0.15, 0.2) is 4.80 Å². The van der Waals surface area contributed by atoms with E-state index in [-0.39, 0.29) is 10.6 Å². The van der Waals surface area contributed by atoms with Crippen LogP contribution in [0.5, 0.6) is 0 Å². The summed E-state index contributed by atoms with van der Waals surface area (Å²) >= 11 is 1.23. The fourth-order valence-corrected chi connectivity index (χ4v) is 2.79. The Morgan fingerprint density at radius 1 is 1.33 bits per heavy atom. The van der Waals surface area contributed by atoms with E-state index in [4.69, 9.17) is 5.41 Å². The number of Topliss-reactive ketones (excluding diaryl/α,β-unsaturated/α-hetero) is 1. The van der Waals surface area contributed by atoms with E-state index in [9.17, 15) is 18.0 Å². The molecule has 2 aromatic rings. The van der Waals surface area contributed by atoms with Crippen molar-refractivity contribution in [2.75, 3.05) is 0 Å². The minimum absolute atomic E-state index is 0.210. The summed E-state index contributed by atoms with van der Waals surface area (Å²) in [4.78, 5) is 11.3. The van der Waals surface area contributed by atoms with Crippen LogP contribution < -0.4 is 4.80 Å². The van der Waals surface area contributed by atoms with Crippen LogP contribution in [0, 0.1) is 18.3 Å². The van der Waals surface area contributed by atoms with Crippen molar-refractivity contribution in [2.45, 2.75) is 40.3 Å². The van der Waals surface area contributed by atoms with E-state index in [0.717, 1.165) is 23.4 Å². The van der Waals surface area contributed by atoms with Crippen LogP contribution in [0.1, 0.15) is 37.6 Å². The first-order valence-electron chi connectivity index (χ1n) is 7.41. The highest BCUT2D eigenvalue weighted by molar-refractivity contribution is 7.09. The summed E-state index contributed by atoms with van der Waals surface area (Å²) in [5.74, 6) is 0.813. The Hall–Kier alpha value is -1.89. The molecule has 0 aliphatic rings. The molecule has 0 spiro atoms. The monoisotopic (exact) mass is 358 g/mol. The van der Waals surface area contributed by atoms with Crippen LogP contribution in [0.15, 0.2) is 30.5 Å². The molecule has 0 aliphatic carbocycles. The third-order valence-corrected chi connectivity index (χ3v) is 3.75. The molecule has 1 N–H and O–H groups in total. The Kier molecular flexibility index (Phi) is 6.95. The summed E-state index contributed by atoms with van der Waals surface area (Å²) in [5.41, 5.74) is -0.347. The molecular weight excluding hydrogens is 337 g/mol. The number of halogens is 3. The van der Waals surface area contributed by atoms with Gasteiger partial charge in [-0.1, -0.05) is 19.9 Å². The molecule has 0 unspecified atom stereocenters. The molecule has 0 amide bonds. The smallest absolute Gasteiger partial charge is 0.300 e. The maximum absolute atomic E-state index is 12.5. The number of nitrogens with one attached hydrogen (secondary N) is 1. The summed E-state index contributed by atoms with van der Waals surface area (Å²) in [7, 11) is 0. The Bertz CT molecular complexity index is 745. The molecule has 7 heteroatoms. The summed E-state index contributed by atoms with van der Waals surface area (Å²) < 4.78 is 39.0. The number of carbonyl (C=O) groups is 1. The highest BCUT2D eigenvalue weighted by atomic mass is 32.1. The van der Waals surface area contributed by atoms with Crippen molar-refractivity contribution in [3.8, 4) is 5.69 Å². The number of hydrogen-bond acceptors (Lipinski definition) is 3. The molecule has 1 aromatic heterocycles. The Morgan fingerprint density at radius 3 is 2.33 bits per heavy atom. The largest absolute Gasteiger partial charge is 0.416 e. The Labute approximate surface area is 143 Å². The third-order valence-electron chi connectivity index (χ3n) is 2.93. The lowest BCUT2D eigenvalue weighted by Crippen LogP contribution is -2.11. The molecular formula is C17H21F3N2OS. The number of carbonyl (C=O) groups excluding carboxylic acids is 1. The number of rotatable bonds is 3. The van der Waals surface area contributed by atoms with Crippen molar-refractivity contribution in [3.05, 3.63) is 45.7 Å². The normalized spacial score (nSPS) is 11.2. The lowest BCUT2D eigenvalue weighted by Gasteiger charge is -2.09. The van der Waals surface area contributed by atoms with Gasteiger partial charge in [-0.25, -0.2) is 0 Å². The van der Waals surface area contributed by atoms with Crippen molar-refractivity contribution in [3.63, 3.8) is 0 Å². The van der Waals surface area contributed by atoms with Gasteiger partial charge in [0.1, 0.15) is 5.78 Å². The molecule has 3 nitrogen and oxygen atoms in total. The first-order valence-corrected chi connectivity index (χ1v) is 8.23. The first-order chi connectivity index (χ1) is 11.0. The van der Waals surface area contributed by atoms with Crippen LogP contribution in [0.3, 0.4) is 0 Å². The van der Waals surface area contributed by atoms with Crippen LogP contribution in [0.25, 0.3) is 5.69 Å². The zero-order valence-electron chi connectivity index (χ0n) is 14.1. The molecule has 24 heavy (non-hydrogen) atoms. The first kappa shape index (κ1) is 20.2. The van der Waals surface area contributed by atoms with Gasteiger partial charge in [0, 0.05) is 23.2 Å². The topological polar surface area (TPSA) is 45.9 Å². The molecule has 2 rings (SSSR count). The SMILES string of the molecule is CC(=O)CC(C)C.Cc1cn(-c2cccc(C(F)(F)F)c2)c(=N)s1. The minimum atomic E-state index is -4.36.